The summed E-state index contributed by atoms with van der Waals surface area (Å²) >= 11 is 0. The second-order valence-corrected chi connectivity index (χ2v) is 1.28. The summed E-state index contributed by atoms with van der Waals surface area (Å²) in [6.45, 7) is 1.30. The van der Waals surface area contributed by atoms with Gasteiger partial charge in [-0.15, -0.1) is 0 Å². The lowest BCUT2D eigenvalue weighted by Crippen LogP contribution is -2.10. The van der Waals surface area contributed by atoms with Gasteiger partial charge in [-0.3, -0.25) is 14.6 Å². The number of ketones is 1. The van der Waals surface area contributed by atoms with Gasteiger partial charge < -0.3 is 0 Å². The molecule has 0 rings (SSSR count). The van der Waals surface area contributed by atoms with E-state index in [1.54, 1.807) is 0 Å². The van der Waals surface area contributed by atoms with E-state index in [1.807, 2.05) is 0 Å². The average molecular weight is 113 g/mol. The van der Waals surface area contributed by atoms with Crippen molar-refractivity contribution in [3.05, 3.63) is 0 Å². The Hall–Kier alpha value is -0.990. The predicted octanol–water partition coefficient (Wildman–Crippen LogP) is -0.155. The fourth-order valence-electron chi connectivity index (χ4n) is 0.293. The number of hydrogen-bond acceptors (Lipinski definition) is 3. The van der Waals surface area contributed by atoms with Crippen molar-refractivity contribution in [2.24, 2.45) is 4.99 Å². The molecule has 0 bridgehead atoms. The van der Waals surface area contributed by atoms with E-state index in [-0.39, 0.29) is 11.5 Å². The molecular formula is C5H7NO2. The SMILES string of the molecule is CN=C(C=O)C(C)=O. The van der Waals surface area contributed by atoms with Crippen molar-refractivity contribution in [3.63, 3.8) is 0 Å². The Morgan fingerprint density at radius 1 is 1.62 bits per heavy atom. The molecule has 0 spiro atoms. The second kappa shape index (κ2) is 3.07. The predicted molar refractivity (Wildman–Crippen MR) is 30.1 cm³/mol. The standard InChI is InChI=1S/C5H7NO2/c1-4(8)5(3-7)6-2/h3H,1-2H3. The molecule has 44 valence electrons. The van der Waals surface area contributed by atoms with Gasteiger partial charge in [0.15, 0.2) is 12.1 Å². The summed E-state index contributed by atoms with van der Waals surface area (Å²) in [7, 11) is 1.41. The topological polar surface area (TPSA) is 46.5 Å². The third-order valence-electron chi connectivity index (χ3n) is 0.713. The first-order chi connectivity index (χ1) is 3.72. The molecule has 0 aromatic heterocycles. The fourth-order valence-corrected chi connectivity index (χ4v) is 0.293. The molecule has 0 aromatic rings. The normalized spacial score (nSPS) is 11.0. The van der Waals surface area contributed by atoms with Crippen LogP contribution in [0.4, 0.5) is 0 Å². The van der Waals surface area contributed by atoms with Gasteiger partial charge in [0, 0.05) is 14.0 Å². The molecule has 3 heteroatoms. The van der Waals surface area contributed by atoms with E-state index in [1.165, 1.54) is 14.0 Å². The zero-order valence-corrected chi connectivity index (χ0v) is 4.84. The molecule has 0 amide bonds. The van der Waals surface area contributed by atoms with Gasteiger partial charge in [0.1, 0.15) is 5.71 Å². The van der Waals surface area contributed by atoms with Crippen molar-refractivity contribution in [1.82, 2.24) is 0 Å². The van der Waals surface area contributed by atoms with Gasteiger partial charge >= 0.3 is 0 Å². The van der Waals surface area contributed by atoms with Gasteiger partial charge in [0.25, 0.3) is 0 Å². The van der Waals surface area contributed by atoms with Crippen LogP contribution in [-0.4, -0.2) is 24.8 Å². The van der Waals surface area contributed by atoms with E-state index in [2.05, 4.69) is 4.99 Å². The van der Waals surface area contributed by atoms with Crippen molar-refractivity contribution in [2.75, 3.05) is 7.05 Å². The van der Waals surface area contributed by atoms with Crippen LogP contribution >= 0.6 is 0 Å². The van der Waals surface area contributed by atoms with Crippen molar-refractivity contribution < 1.29 is 9.59 Å². The molecule has 0 aliphatic carbocycles. The minimum absolute atomic E-state index is 0.00926. The van der Waals surface area contributed by atoms with Crippen LogP contribution in [0.5, 0.6) is 0 Å². The summed E-state index contributed by atoms with van der Waals surface area (Å²) < 4.78 is 0. The number of nitrogens with zero attached hydrogens (tertiary/aromatic N) is 1. The fraction of sp³-hybridized carbons (Fsp3) is 0.400. The lowest BCUT2D eigenvalue weighted by atomic mass is 10.3. The molecule has 0 saturated heterocycles. The van der Waals surface area contributed by atoms with E-state index in [0.717, 1.165) is 0 Å². The van der Waals surface area contributed by atoms with E-state index in [4.69, 9.17) is 0 Å². The maximum atomic E-state index is 10.2. The van der Waals surface area contributed by atoms with Gasteiger partial charge in [-0.05, 0) is 0 Å². The zero-order chi connectivity index (χ0) is 6.57. The lowest BCUT2D eigenvalue weighted by Gasteiger charge is -1.83. The van der Waals surface area contributed by atoms with Crippen LogP contribution in [0.15, 0.2) is 4.99 Å². The van der Waals surface area contributed by atoms with Crippen LogP contribution in [0, 0.1) is 0 Å². The third-order valence-corrected chi connectivity index (χ3v) is 0.713. The molecule has 3 nitrogen and oxygen atoms in total. The van der Waals surface area contributed by atoms with Crippen molar-refractivity contribution in [2.45, 2.75) is 6.92 Å². The number of rotatable bonds is 2. The number of hydrogen-bond donors (Lipinski definition) is 0. The van der Waals surface area contributed by atoms with Crippen LogP contribution in [-0.2, 0) is 9.59 Å². The second-order valence-electron chi connectivity index (χ2n) is 1.28. The highest BCUT2D eigenvalue weighted by molar-refractivity contribution is 6.59. The molecular weight excluding hydrogens is 106 g/mol. The number of aldehydes is 1. The third kappa shape index (κ3) is 1.64. The van der Waals surface area contributed by atoms with Gasteiger partial charge in [0.2, 0.25) is 0 Å². The average Bonchev–Trinajstić information content (AvgIpc) is 1.69. The van der Waals surface area contributed by atoms with Crippen LogP contribution in [0.1, 0.15) is 6.92 Å². The molecule has 0 saturated carbocycles. The molecule has 0 unspecified atom stereocenters. The van der Waals surface area contributed by atoms with Gasteiger partial charge in [-0.1, -0.05) is 0 Å². The highest BCUT2D eigenvalue weighted by Crippen LogP contribution is 1.72. The summed E-state index contributed by atoms with van der Waals surface area (Å²) in [5.74, 6) is -0.289. The molecule has 0 aromatic carbocycles. The minimum Gasteiger partial charge on any atom is -0.296 e. The van der Waals surface area contributed by atoms with E-state index in [0.29, 0.717) is 6.29 Å². The summed E-state index contributed by atoms with van der Waals surface area (Å²) in [6.07, 6.45) is 0.447. The molecule has 0 fully saturated rings. The van der Waals surface area contributed by atoms with Crippen LogP contribution in [0.3, 0.4) is 0 Å². The molecule has 0 radical (unpaired) electrons. The molecule has 0 N–H and O–H groups in total. The maximum Gasteiger partial charge on any atom is 0.181 e. The monoisotopic (exact) mass is 113 g/mol. The van der Waals surface area contributed by atoms with Crippen LogP contribution in [0.25, 0.3) is 0 Å². The molecule has 0 atom stereocenters. The van der Waals surface area contributed by atoms with E-state index < -0.39 is 0 Å². The summed E-state index contributed by atoms with van der Waals surface area (Å²) in [5, 5.41) is 0. The maximum absolute atomic E-state index is 10.2. The molecule has 8 heavy (non-hydrogen) atoms. The summed E-state index contributed by atoms with van der Waals surface area (Å²) in [5.41, 5.74) is -0.00926. The van der Waals surface area contributed by atoms with Gasteiger partial charge in [-0.25, -0.2) is 0 Å². The Kier molecular flexibility index (Phi) is 2.69. The number of carbonyl (C=O) groups excluding carboxylic acids is 2. The first kappa shape index (κ1) is 7.01. The van der Waals surface area contributed by atoms with Crippen LogP contribution < -0.4 is 0 Å². The van der Waals surface area contributed by atoms with Crippen LogP contribution in [0.2, 0.25) is 0 Å². The Bertz CT molecular complexity index is 137. The Labute approximate surface area is 47.4 Å². The first-order valence-corrected chi connectivity index (χ1v) is 2.15. The Morgan fingerprint density at radius 2 is 2.12 bits per heavy atom. The lowest BCUT2D eigenvalue weighted by molar-refractivity contribution is -0.112. The molecule has 0 aliphatic rings. The number of aliphatic imine (C=N–C) groups is 1. The number of Topliss-reactive ketones (excluding diaryl/α,β-unsaturated/α-hetero) is 1. The van der Waals surface area contributed by atoms with Gasteiger partial charge in [0.05, 0.1) is 0 Å². The highest BCUT2D eigenvalue weighted by atomic mass is 16.1. The quantitative estimate of drug-likeness (QED) is 0.284. The summed E-state index contributed by atoms with van der Waals surface area (Å²) in [6, 6.07) is 0. The summed E-state index contributed by atoms with van der Waals surface area (Å²) in [4.78, 5) is 23.5. The highest BCUT2D eigenvalue weighted by Gasteiger charge is 1.99. The Balaban J connectivity index is 4.13. The minimum atomic E-state index is -0.289. The van der Waals surface area contributed by atoms with Crippen molar-refractivity contribution in [1.29, 1.82) is 0 Å². The van der Waals surface area contributed by atoms with Gasteiger partial charge in [-0.2, -0.15) is 0 Å². The molecule has 0 aliphatic heterocycles. The number of carbonyl (C=O) groups is 2. The van der Waals surface area contributed by atoms with E-state index in [9.17, 15) is 9.59 Å². The van der Waals surface area contributed by atoms with Crippen molar-refractivity contribution >= 4 is 17.8 Å². The largest absolute Gasteiger partial charge is 0.296 e. The first-order valence-electron chi connectivity index (χ1n) is 2.15. The Morgan fingerprint density at radius 3 is 2.12 bits per heavy atom. The smallest absolute Gasteiger partial charge is 0.181 e. The van der Waals surface area contributed by atoms with Crippen molar-refractivity contribution in [3.8, 4) is 0 Å². The molecule has 0 heterocycles. The zero-order valence-electron chi connectivity index (χ0n) is 4.84. The van der Waals surface area contributed by atoms with E-state index >= 15 is 0 Å².